The van der Waals surface area contributed by atoms with E-state index in [2.05, 4.69) is 0 Å². The van der Waals surface area contributed by atoms with E-state index >= 15 is 0 Å². The molecule has 0 saturated heterocycles. The molecule has 0 aliphatic rings. The summed E-state index contributed by atoms with van der Waals surface area (Å²) in [5.41, 5.74) is 0.540. The molecule has 1 atom stereocenters. The summed E-state index contributed by atoms with van der Waals surface area (Å²) in [5.74, 6) is 0. The summed E-state index contributed by atoms with van der Waals surface area (Å²) in [5, 5.41) is 0.686. The first-order chi connectivity index (χ1) is 8.20. The van der Waals surface area contributed by atoms with Crippen molar-refractivity contribution in [2.75, 3.05) is 7.05 Å². The van der Waals surface area contributed by atoms with E-state index < -0.39 is 5.60 Å². The highest BCUT2D eigenvalue weighted by molar-refractivity contribution is 6.30. The van der Waals surface area contributed by atoms with Gasteiger partial charge < -0.3 is 9.64 Å². The summed E-state index contributed by atoms with van der Waals surface area (Å²) < 4.78 is 5.33. The second-order valence-electron chi connectivity index (χ2n) is 5.32. The van der Waals surface area contributed by atoms with Gasteiger partial charge in [0.15, 0.2) is 0 Å². The topological polar surface area (TPSA) is 29.5 Å². The van der Waals surface area contributed by atoms with Crippen LogP contribution in [0.1, 0.15) is 39.3 Å². The first-order valence-corrected chi connectivity index (χ1v) is 6.30. The first kappa shape index (κ1) is 14.8. The maximum Gasteiger partial charge on any atom is 0.410 e. The van der Waals surface area contributed by atoms with Crippen molar-refractivity contribution in [1.29, 1.82) is 0 Å². The van der Waals surface area contributed by atoms with Crippen molar-refractivity contribution in [2.45, 2.75) is 39.3 Å². The zero-order chi connectivity index (χ0) is 13.9. The second kappa shape index (κ2) is 5.61. The van der Waals surface area contributed by atoms with Gasteiger partial charge in [0.25, 0.3) is 0 Å². The normalized spacial score (nSPS) is 13.0. The SMILES string of the molecule is CC(c1ccc(Cl)cc1)N(C)C(=O)OC(C)(C)C. The Labute approximate surface area is 114 Å². The molecule has 0 aliphatic carbocycles. The minimum absolute atomic E-state index is 0.0582. The Morgan fingerprint density at radius 2 is 1.78 bits per heavy atom. The Balaban J connectivity index is 2.74. The Kier molecular flexibility index (Phi) is 4.63. The molecule has 0 N–H and O–H groups in total. The lowest BCUT2D eigenvalue weighted by Crippen LogP contribution is -2.35. The summed E-state index contributed by atoms with van der Waals surface area (Å²) in [7, 11) is 1.73. The van der Waals surface area contributed by atoms with Crippen LogP contribution in [0, 0.1) is 0 Å². The van der Waals surface area contributed by atoms with Crippen LogP contribution >= 0.6 is 11.6 Å². The third-order valence-electron chi connectivity index (χ3n) is 2.61. The molecular formula is C14H20ClNO2. The van der Waals surface area contributed by atoms with Crippen LogP contribution in [0.5, 0.6) is 0 Å². The number of carbonyl (C=O) groups is 1. The van der Waals surface area contributed by atoms with Crippen LogP contribution in [0.2, 0.25) is 5.02 Å². The first-order valence-electron chi connectivity index (χ1n) is 5.92. The van der Waals surface area contributed by atoms with Gasteiger partial charge in [-0.15, -0.1) is 0 Å². The smallest absolute Gasteiger partial charge is 0.410 e. The highest BCUT2D eigenvalue weighted by atomic mass is 35.5. The van der Waals surface area contributed by atoms with E-state index in [0.717, 1.165) is 5.56 Å². The second-order valence-corrected chi connectivity index (χ2v) is 5.76. The number of halogens is 1. The number of ether oxygens (including phenoxy) is 1. The van der Waals surface area contributed by atoms with Crippen molar-refractivity contribution in [3.8, 4) is 0 Å². The zero-order valence-corrected chi connectivity index (χ0v) is 12.3. The van der Waals surface area contributed by atoms with Crippen LogP contribution in [-0.4, -0.2) is 23.6 Å². The summed E-state index contributed by atoms with van der Waals surface area (Å²) >= 11 is 5.84. The molecule has 0 aliphatic heterocycles. The average molecular weight is 270 g/mol. The van der Waals surface area contributed by atoms with Gasteiger partial charge in [0.2, 0.25) is 0 Å². The third-order valence-corrected chi connectivity index (χ3v) is 2.87. The van der Waals surface area contributed by atoms with E-state index in [1.165, 1.54) is 0 Å². The van der Waals surface area contributed by atoms with E-state index in [1.54, 1.807) is 11.9 Å². The van der Waals surface area contributed by atoms with Crippen LogP contribution in [0.3, 0.4) is 0 Å². The number of nitrogens with zero attached hydrogens (tertiary/aromatic N) is 1. The van der Waals surface area contributed by atoms with Crippen LogP contribution < -0.4 is 0 Å². The van der Waals surface area contributed by atoms with E-state index in [1.807, 2.05) is 52.0 Å². The van der Waals surface area contributed by atoms with Gasteiger partial charge in [-0.25, -0.2) is 4.79 Å². The molecule has 18 heavy (non-hydrogen) atoms. The number of hydrogen-bond donors (Lipinski definition) is 0. The Hall–Kier alpha value is -1.22. The van der Waals surface area contributed by atoms with Gasteiger partial charge in [0.1, 0.15) is 5.60 Å². The summed E-state index contributed by atoms with van der Waals surface area (Å²) in [6.45, 7) is 7.51. The van der Waals surface area contributed by atoms with Crippen LogP contribution in [-0.2, 0) is 4.74 Å². The summed E-state index contributed by atoms with van der Waals surface area (Å²) in [4.78, 5) is 13.5. The average Bonchev–Trinajstić information content (AvgIpc) is 2.26. The number of hydrogen-bond acceptors (Lipinski definition) is 2. The molecule has 1 aromatic rings. The fourth-order valence-electron chi connectivity index (χ4n) is 1.46. The van der Waals surface area contributed by atoms with E-state index in [0.29, 0.717) is 5.02 Å². The fourth-order valence-corrected chi connectivity index (χ4v) is 1.58. The van der Waals surface area contributed by atoms with Gasteiger partial charge in [0, 0.05) is 12.1 Å². The minimum atomic E-state index is -0.481. The Morgan fingerprint density at radius 3 is 2.22 bits per heavy atom. The number of benzene rings is 1. The molecule has 1 amide bonds. The lowest BCUT2D eigenvalue weighted by Gasteiger charge is -2.29. The fraction of sp³-hybridized carbons (Fsp3) is 0.500. The molecule has 0 radical (unpaired) electrons. The predicted octanol–water partition coefficient (Wildman–Crippen LogP) is 4.27. The van der Waals surface area contributed by atoms with Gasteiger partial charge in [-0.1, -0.05) is 23.7 Å². The minimum Gasteiger partial charge on any atom is -0.444 e. The van der Waals surface area contributed by atoms with E-state index in [4.69, 9.17) is 16.3 Å². The van der Waals surface area contributed by atoms with Gasteiger partial charge in [-0.2, -0.15) is 0 Å². The molecule has 0 saturated carbocycles. The molecule has 1 unspecified atom stereocenters. The van der Waals surface area contributed by atoms with E-state index in [9.17, 15) is 4.79 Å². The molecule has 1 aromatic carbocycles. The van der Waals surface area contributed by atoms with Gasteiger partial charge in [0.05, 0.1) is 6.04 Å². The number of rotatable bonds is 2. The Morgan fingerprint density at radius 1 is 1.28 bits per heavy atom. The molecule has 0 fully saturated rings. The highest BCUT2D eigenvalue weighted by Crippen LogP contribution is 2.22. The van der Waals surface area contributed by atoms with Crippen LogP contribution in [0.15, 0.2) is 24.3 Å². The molecule has 3 nitrogen and oxygen atoms in total. The maximum atomic E-state index is 11.9. The summed E-state index contributed by atoms with van der Waals surface area (Å²) in [6, 6.07) is 7.39. The van der Waals surface area contributed by atoms with Crippen LogP contribution in [0.25, 0.3) is 0 Å². The molecule has 0 spiro atoms. The summed E-state index contributed by atoms with van der Waals surface area (Å²) in [6.07, 6.45) is -0.329. The van der Waals surface area contributed by atoms with Crippen molar-refractivity contribution in [2.24, 2.45) is 0 Å². The highest BCUT2D eigenvalue weighted by Gasteiger charge is 2.23. The van der Waals surface area contributed by atoms with Crippen molar-refractivity contribution >= 4 is 17.7 Å². The molecule has 0 aromatic heterocycles. The zero-order valence-electron chi connectivity index (χ0n) is 11.5. The van der Waals surface area contributed by atoms with E-state index in [-0.39, 0.29) is 12.1 Å². The largest absolute Gasteiger partial charge is 0.444 e. The van der Waals surface area contributed by atoms with Gasteiger partial charge in [-0.05, 0) is 45.4 Å². The lowest BCUT2D eigenvalue weighted by atomic mass is 10.1. The van der Waals surface area contributed by atoms with Crippen LogP contribution in [0.4, 0.5) is 4.79 Å². The monoisotopic (exact) mass is 269 g/mol. The van der Waals surface area contributed by atoms with Gasteiger partial charge >= 0.3 is 6.09 Å². The van der Waals surface area contributed by atoms with Gasteiger partial charge in [-0.3, -0.25) is 0 Å². The third kappa shape index (κ3) is 4.22. The molecule has 4 heteroatoms. The maximum absolute atomic E-state index is 11.9. The molecule has 100 valence electrons. The molecule has 0 bridgehead atoms. The van der Waals surface area contributed by atoms with Crippen molar-refractivity contribution in [1.82, 2.24) is 4.90 Å². The number of amides is 1. The predicted molar refractivity (Wildman–Crippen MR) is 73.9 cm³/mol. The quantitative estimate of drug-likeness (QED) is 0.802. The van der Waals surface area contributed by atoms with Crippen molar-refractivity contribution in [3.05, 3.63) is 34.9 Å². The molecular weight excluding hydrogens is 250 g/mol. The Bertz CT molecular complexity index is 409. The van der Waals surface area contributed by atoms with Crippen molar-refractivity contribution < 1.29 is 9.53 Å². The number of carbonyl (C=O) groups excluding carboxylic acids is 1. The lowest BCUT2D eigenvalue weighted by molar-refractivity contribution is 0.0234. The molecule has 1 rings (SSSR count). The molecule has 0 heterocycles. The van der Waals surface area contributed by atoms with Crippen molar-refractivity contribution in [3.63, 3.8) is 0 Å². The standard InChI is InChI=1S/C14H20ClNO2/c1-10(11-6-8-12(15)9-7-11)16(5)13(17)18-14(2,3)4/h6-10H,1-5H3.